The Kier molecular flexibility index (Phi) is 4.48. The Labute approximate surface area is 181 Å². The number of nitrogens with zero attached hydrogens (tertiary/aromatic N) is 3. The van der Waals surface area contributed by atoms with E-state index in [4.69, 9.17) is 0 Å². The topological polar surface area (TPSA) is 96.3 Å². The molecule has 3 amide bonds. The normalized spacial score (nSPS) is 32.4. The molecule has 1 aromatic heterocycles. The molecule has 0 saturated carbocycles. The second-order valence-electron chi connectivity index (χ2n) is 9.99. The van der Waals surface area contributed by atoms with Crippen molar-refractivity contribution in [2.24, 2.45) is 11.8 Å². The number of hydrogen-bond acceptors (Lipinski definition) is 5. The molecule has 3 unspecified atom stereocenters. The monoisotopic (exact) mass is 423 g/mol. The van der Waals surface area contributed by atoms with E-state index in [-0.39, 0.29) is 17.4 Å². The fourth-order valence-corrected chi connectivity index (χ4v) is 5.60. The van der Waals surface area contributed by atoms with Gasteiger partial charge in [-0.15, -0.1) is 0 Å². The number of benzene rings is 1. The van der Waals surface area contributed by atoms with Crippen LogP contribution in [0.5, 0.6) is 0 Å². The van der Waals surface area contributed by atoms with Crippen molar-refractivity contribution < 1.29 is 9.59 Å². The first-order valence-electron chi connectivity index (χ1n) is 11.1. The molecule has 8 heteroatoms. The molecule has 5 rings (SSSR count). The van der Waals surface area contributed by atoms with Crippen LogP contribution in [0.15, 0.2) is 29.1 Å². The Morgan fingerprint density at radius 1 is 1.00 bits per heavy atom. The number of carbonyl (C=O) groups excluding carboxylic acids is 2. The van der Waals surface area contributed by atoms with Crippen molar-refractivity contribution >= 4 is 28.8 Å². The molecule has 3 saturated heterocycles. The zero-order chi connectivity index (χ0) is 22.1. The van der Waals surface area contributed by atoms with Gasteiger partial charge in [-0.25, -0.2) is 14.7 Å². The lowest BCUT2D eigenvalue weighted by molar-refractivity contribution is -0.121. The van der Waals surface area contributed by atoms with Crippen LogP contribution in [0.1, 0.15) is 53.0 Å². The van der Waals surface area contributed by atoms with E-state index in [0.717, 1.165) is 23.3 Å². The highest BCUT2D eigenvalue weighted by atomic mass is 16.2. The highest BCUT2D eigenvalue weighted by molar-refractivity contribution is 6.22. The number of rotatable bonds is 2. The molecule has 3 fully saturated rings. The summed E-state index contributed by atoms with van der Waals surface area (Å²) in [6.45, 7) is 7.79. The van der Waals surface area contributed by atoms with E-state index in [0.29, 0.717) is 29.4 Å². The van der Waals surface area contributed by atoms with Crippen molar-refractivity contribution in [2.75, 3.05) is 4.90 Å². The van der Waals surface area contributed by atoms with Crippen molar-refractivity contribution in [1.29, 1.82) is 0 Å². The maximum Gasteiger partial charge on any atom is 0.331 e. The first-order valence-corrected chi connectivity index (χ1v) is 11.1. The summed E-state index contributed by atoms with van der Waals surface area (Å²) in [5.74, 6) is 0.484. The average molecular weight is 424 g/mol. The molecule has 31 heavy (non-hydrogen) atoms. The van der Waals surface area contributed by atoms with Crippen molar-refractivity contribution in [3.05, 3.63) is 34.6 Å². The van der Waals surface area contributed by atoms with Gasteiger partial charge in [0.15, 0.2) is 0 Å². The van der Waals surface area contributed by atoms with Gasteiger partial charge >= 0.3 is 6.03 Å². The van der Waals surface area contributed by atoms with E-state index in [1.54, 1.807) is 18.4 Å². The maximum atomic E-state index is 13.8. The number of anilines is 1. The van der Waals surface area contributed by atoms with Gasteiger partial charge < -0.3 is 15.2 Å². The summed E-state index contributed by atoms with van der Waals surface area (Å²) in [6, 6.07) is 7.53. The predicted octanol–water partition coefficient (Wildman–Crippen LogP) is 2.57. The van der Waals surface area contributed by atoms with E-state index in [1.807, 2.05) is 24.3 Å². The SMILES string of the molecule is CC1CC(C)[C@H]2C[C@H](n3c(=O)c(N4C(=O)NC(C)(C)C4=O)nc4ccccc43)CC1N2. The molecule has 0 spiro atoms. The number of fused-ring (bicyclic) bond motifs is 3. The molecule has 8 nitrogen and oxygen atoms in total. The zero-order valence-electron chi connectivity index (χ0n) is 18.4. The third-order valence-electron chi connectivity index (χ3n) is 7.31. The van der Waals surface area contributed by atoms with Crippen LogP contribution in [0, 0.1) is 11.8 Å². The molecule has 3 aliphatic heterocycles. The lowest BCUT2D eigenvalue weighted by Crippen LogP contribution is -2.56. The molecular formula is C23H29N5O3. The number of nitrogens with one attached hydrogen (secondary N) is 2. The summed E-state index contributed by atoms with van der Waals surface area (Å²) in [5.41, 5.74) is -0.108. The second-order valence-corrected chi connectivity index (χ2v) is 9.99. The molecule has 5 atom stereocenters. The molecule has 1 aromatic carbocycles. The van der Waals surface area contributed by atoms with Gasteiger partial charge in [-0.1, -0.05) is 26.0 Å². The van der Waals surface area contributed by atoms with Gasteiger partial charge in [-0.05, 0) is 57.1 Å². The highest BCUT2D eigenvalue weighted by Gasteiger charge is 2.47. The minimum atomic E-state index is -1.07. The van der Waals surface area contributed by atoms with Gasteiger partial charge in [0, 0.05) is 18.1 Å². The smallest absolute Gasteiger partial charge is 0.323 e. The third-order valence-corrected chi connectivity index (χ3v) is 7.31. The van der Waals surface area contributed by atoms with Crippen LogP contribution < -0.4 is 21.1 Å². The Bertz CT molecular complexity index is 1120. The minimum Gasteiger partial charge on any atom is -0.323 e. The fraction of sp³-hybridized carbons (Fsp3) is 0.565. The maximum absolute atomic E-state index is 13.8. The summed E-state index contributed by atoms with van der Waals surface area (Å²) >= 11 is 0. The Hall–Kier alpha value is -2.74. The van der Waals surface area contributed by atoms with Gasteiger partial charge in [0.25, 0.3) is 11.5 Å². The first-order chi connectivity index (χ1) is 14.7. The van der Waals surface area contributed by atoms with Gasteiger partial charge in [0.1, 0.15) is 5.54 Å². The highest BCUT2D eigenvalue weighted by Crippen LogP contribution is 2.39. The van der Waals surface area contributed by atoms with E-state index in [2.05, 4.69) is 29.5 Å². The number of hydrogen-bond donors (Lipinski definition) is 2. The summed E-state index contributed by atoms with van der Waals surface area (Å²) in [7, 11) is 0. The van der Waals surface area contributed by atoms with Crippen LogP contribution in [-0.2, 0) is 4.79 Å². The Morgan fingerprint density at radius 3 is 2.26 bits per heavy atom. The number of para-hydroxylation sites is 2. The van der Waals surface area contributed by atoms with Crippen molar-refractivity contribution in [3.63, 3.8) is 0 Å². The molecule has 3 aliphatic rings. The number of urea groups is 1. The van der Waals surface area contributed by atoms with E-state index in [9.17, 15) is 14.4 Å². The molecule has 0 radical (unpaired) electrons. The van der Waals surface area contributed by atoms with Crippen LogP contribution in [0.25, 0.3) is 11.0 Å². The van der Waals surface area contributed by atoms with Gasteiger partial charge in [0.2, 0.25) is 5.82 Å². The first kappa shape index (κ1) is 20.2. The van der Waals surface area contributed by atoms with Crippen LogP contribution in [0.2, 0.25) is 0 Å². The Morgan fingerprint density at radius 2 is 1.65 bits per heavy atom. The van der Waals surface area contributed by atoms with E-state index in [1.165, 1.54) is 6.42 Å². The van der Waals surface area contributed by atoms with Gasteiger partial charge in [-0.2, -0.15) is 0 Å². The largest absolute Gasteiger partial charge is 0.331 e. The standard InChI is InChI=1S/C23H29N5O3/c1-12-9-13(2)17-11-14(10-16(12)24-17)27-18-8-6-5-7-15(18)25-19(20(27)29)28-21(30)23(3,4)26-22(28)31/h5-8,12-14,16-17,24H,9-11H2,1-4H3,(H,26,31)/t12?,13?,14-,16+,17?/m0/s1. The van der Waals surface area contributed by atoms with Gasteiger partial charge in [-0.3, -0.25) is 9.59 Å². The van der Waals surface area contributed by atoms with Crippen LogP contribution in [0.3, 0.4) is 0 Å². The number of imide groups is 1. The van der Waals surface area contributed by atoms with Crippen LogP contribution in [0.4, 0.5) is 10.6 Å². The predicted molar refractivity (Wildman–Crippen MR) is 118 cm³/mol. The van der Waals surface area contributed by atoms with Gasteiger partial charge in [0.05, 0.1) is 11.0 Å². The second kappa shape index (κ2) is 6.88. The lowest BCUT2D eigenvalue weighted by Gasteiger charge is -2.47. The van der Waals surface area contributed by atoms with Crippen LogP contribution >= 0.6 is 0 Å². The molecule has 2 N–H and O–H groups in total. The number of amides is 3. The molecule has 4 heterocycles. The number of carbonyl (C=O) groups is 2. The van der Waals surface area contributed by atoms with Crippen molar-refractivity contribution in [1.82, 2.24) is 20.2 Å². The third kappa shape index (κ3) is 3.07. The number of aromatic nitrogens is 2. The quantitative estimate of drug-likeness (QED) is 0.724. The summed E-state index contributed by atoms with van der Waals surface area (Å²) in [4.78, 5) is 44.7. The van der Waals surface area contributed by atoms with Crippen molar-refractivity contribution in [2.45, 2.75) is 70.6 Å². The number of piperidine rings is 2. The molecular weight excluding hydrogens is 394 g/mol. The molecule has 2 aromatic rings. The summed E-state index contributed by atoms with van der Waals surface area (Å²) in [6.07, 6.45) is 2.86. The average Bonchev–Trinajstić information content (AvgIpc) is 2.92. The minimum absolute atomic E-state index is 0.0191. The summed E-state index contributed by atoms with van der Waals surface area (Å²) in [5, 5.41) is 6.40. The molecule has 0 aliphatic carbocycles. The van der Waals surface area contributed by atoms with E-state index < -0.39 is 17.5 Å². The summed E-state index contributed by atoms with van der Waals surface area (Å²) < 4.78 is 1.79. The van der Waals surface area contributed by atoms with E-state index >= 15 is 0 Å². The lowest BCUT2D eigenvalue weighted by atomic mass is 9.73. The fourth-order valence-electron chi connectivity index (χ4n) is 5.60. The molecule has 164 valence electrons. The van der Waals surface area contributed by atoms with Crippen molar-refractivity contribution in [3.8, 4) is 0 Å². The molecule has 2 bridgehead atoms. The Balaban J connectivity index is 1.67. The van der Waals surface area contributed by atoms with Crippen LogP contribution in [-0.4, -0.2) is 39.1 Å². The zero-order valence-corrected chi connectivity index (χ0v) is 18.4.